The number of quaternary nitrogens is 1. The number of hydrogen-bond donors (Lipinski definition) is 2. The molecule has 1 aromatic carbocycles. The molecule has 148 valence electrons. The molecule has 0 saturated carbocycles. The lowest BCUT2D eigenvalue weighted by molar-refractivity contribution is -0.930. The van der Waals surface area contributed by atoms with Crippen LogP contribution in [0.3, 0.4) is 0 Å². The number of aromatic hydroxyl groups is 1. The van der Waals surface area contributed by atoms with Crippen LogP contribution in [0, 0.1) is 12.8 Å². The second-order valence-electron chi connectivity index (χ2n) is 7.27. The van der Waals surface area contributed by atoms with Crippen molar-refractivity contribution in [2.45, 2.75) is 32.7 Å². The van der Waals surface area contributed by atoms with Crippen molar-refractivity contribution in [2.75, 3.05) is 19.7 Å². The van der Waals surface area contributed by atoms with E-state index in [1.807, 2.05) is 6.92 Å². The molecule has 0 amide bonds. The average molecular weight is 402 g/mol. The number of nitrogens with zero attached hydrogens (tertiary/aromatic N) is 3. The van der Waals surface area contributed by atoms with E-state index < -0.39 is 0 Å². The molecule has 3 aromatic rings. The Bertz CT molecular complexity index is 958. The summed E-state index contributed by atoms with van der Waals surface area (Å²) in [6.07, 6.45) is 3.03. The minimum Gasteiger partial charge on any atom is -0.492 e. The standard InChI is InChI=1S/C20H24N4O3S/c1-3-27-19(26)15-8-10-23(11-9-15)16(14-6-4-13(2)5-7-14)17-18(25)24-20(28-17)21-12-22-24/h4-7,12,15-16,25H,3,8-11H2,1-2H3/p+1/t16-/m1/s1. The number of carbonyl (C=O) groups excluding carboxylic acids is 1. The molecule has 4 rings (SSSR count). The third-order valence-electron chi connectivity index (χ3n) is 5.47. The Kier molecular flexibility index (Phi) is 5.32. The van der Waals surface area contributed by atoms with E-state index in [-0.39, 0.29) is 23.8 Å². The summed E-state index contributed by atoms with van der Waals surface area (Å²) in [5.74, 6) is 0.0384. The molecule has 1 aliphatic heterocycles. The molecule has 0 radical (unpaired) electrons. The van der Waals surface area contributed by atoms with Crippen LogP contribution in [0.1, 0.15) is 41.8 Å². The Hall–Kier alpha value is -2.45. The topological polar surface area (TPSA) is 81.2 Å². The molecule has 0 spiro atoms. The molecule has 8 heteroatoms. The molecular weight excluding hydrogens is 376 g/mol. The molecule has 3 heterocycles. The summed E-state index contributed by atoms with van der Waals surface area (Å²) in [5.41, 5.74) is 2.35. The first-order chi connectivity index (χ1) is 13.6. The van der Waals surface area contributed by atoms with Gasteiger partial charge in [-0.25, -0.2) is 4.98 Å². The minimum atomic E-state index is -0.0879. The van der Waals surface area contributed by atoms with E-state index in [0.29, 0.717) is 11.6 Å². The van der Waals surface area contributed by atoms with Gasteiger partial charge in [0.05, 0.1) is 25.6 Å². The van der Waals surface area contributed by atoms with Crippen molar-refractivity contribution in [3.8, 4) is 5.88 Å². The van der Waals surface area contributed by atoms with Crippen LogP contribution in [0.4, 0.5) is 0 Å². The maximum absolute atomic E-state index is 12.1. The van der Waals surface area contributed by atoms with Gasteiger partial charge < -0.3 is 14.7 Å². The Morgan fingerprint density at radius 2 is 2.07 bits per heavy atom. The van der Waals surface area contributed by atoms with E-state index in [4.69, 9.17) is 4.74 Å². The van der Waals surface area contributed by atoms with Gasteiger partial charge in [-0.15, -0.1) is 0 Å². The predicted octanol–water partition coefficient (Wildman–Crippen LogP) is 1.75. The zero-order chi connectivity index (χ0) is 19.7. The Labute approximate surface area is 167 Å². The van der Waals surface area contributed by atoms with E-state index >= 15 is 0 Å². The zero-order valence-electron chi connectivity index (χ0n) is 16.1. The Morgan fingerprint density at radius 1 is 1.36 bits per heavy atom. The fraction of sp³-hybridized carbons (Fsp3) is 0.450. The van der Waals surface area contributed by atoms with Gasteiger partial charge in [0, 0.05) is 18.4 Å². The Morgan fingerprint density at radius 3 is 2.71 bits per heavy atom. The summed E-state index contributed by atoms with van der Waals surface area (Å²) in [7, 11) is 0. The number of hydrogen-bond acceptors (Lipinski definition) is 6. The summed E-state index contributed by atoms with van der Waals surface area (Å²) in [6, 6.07) is 8.43. The van der Waals surface area contributed by atoms with Crippen LogP contribution < -0.4 is 4.90 Å². The fourth-order valence-electron chi connectivity index (χ4n) is 3.99. The van der Waals surface area contributed by atoms with Crippen LogP contribution in [-0.2, 0) is 9.53 Å². The van der Waals surface area contributed by atoms with Crippen LogP contribution in [-0.4, -0.2) is 45.4 Å². The fourth-order valence-corrected chi connectivity index (χ4v) is 5.10. The van der Waals surface area contributed by atoms with E-state index in [9.17, 15) is 9.90 Å². The molecule has 0 bridgehead atoms. The lowest BCUT2D eigenvalue weighted by atomic mass is 9.93. The molecule has 28 heavy (non-hydrogen) atoms. The predicted molar refractivity (Wildman–Crippen MR) is 106 cm³/mol. The van der Waals surface area contributed by atoms with E-state index in [1.165, 1.54) is 32.6 Å². The zero-order valence-corrected chi connectivity index (χ0v) is 16.9. The summed E-state index contributed by atoms with van der Waals surface area (Å²) in [4.78, 5) is 19.2. The largest absolute Gasteiger partial charge is 0.492 e. The molecular formula is C20H25N4O3S+. The van der Waals surface area contributed by atoms with Crippen LogP contribution in [0.5, 0.6) is 5.88 Å². The highest BCUT2D eigenvalue weighted by Gasteiger charge is 2.37. The molecule has 1 fully saturated rings. The molecule has 1 atom stereocenters. The second-order valence-corrected chi connectivity index (χ2v) is 8.28. The number of aryl methyl sites for hydroxylation is 1. The Balaban J connectivity index is 1.64. The van der Waals surface area contributed by atoms with Crippen molar-refractivity contribution in [3.05, 3.63) is 46.6 Å². The van der Waals surface area contributed by atoms with Gasteiger partial charge >= 0.3 is 5.97 Å². The van der Waals surface area contributed by atoms with E-state index in [1.54, 1.807) is 0 Å². The first kappa shape index (κ1) is 18.9. The third kappa shape index (κ3) is 3.49. The quantitative estimate of drug-likeness (QED) is 0.637. The van der Waals surface area contributed by atoms with Gasteiger partial charge in [-0.2, -0.15) is 9.61 Å². The van der Waals surface area contributed by atoms with E-state index in [0.717, 1.165) is 36.4 Å². The van der Waals surface area contributed by atoms with Crippen molar-refractivity contribution >= 4 is 22.3 Å². The summed E-state index contributed by atoms with van der Waals surface area (Å²) in [6.45, 7) is 6.02. The van der Waals surface area contributed by atoms with Gasteiger partial charge in [0.1, 0.15) is 11.2 Å². The highest BCUT2D eigenvalue weighted by molar-refractivity contribution is 7.17. The van der Waals surface area contributed by atoms with Crippen LogP contribution >= 0.6 is 11.3 Å². The second kappa shape index (κ2) is 7.89. The van der Waals surface area contributed by atoms with E-state index in [2.05, 4.69) is 41.3 Å². The minimum absolute atomic E-state index is 0.0164. The number of piperidine rings is 1. The molecule has 2 aromatic heterocycles. The number of rotatable bonds is 5. The summed E-state index contributed by atoms with van der Waals surface area (Å²) >= 11 is 1.47. The van der Waals surface area contributed by atoms with Gasteiger partial charge in [-0.3, -0.25) is 4.79 Å². The van der Waals surface area contributed by atoms with Crippen LogP contribution in [0.2, 0.25) is 0 Å². The number of nitrogens with one attached hydrogen (secondary N) is 1. The maximum Gasteiger partial charge on any atom is 0.309 e. The first-order valence-corrected chi connectivity index (χ1v) is 10.5. The highest BCUT2D eigenvalue weighted by atomic mass is 32.1. The molecule has 7 nitrogen and oxygen atoms in total. The van der Waals surface area contributed by atoms with Crippen molar-refractivity contribution in [1.29, 1.82) is 0 Å². The van der Waals surface area contributed by atoms with Gasteiger partial charge in [0.2, 0.25) is 10.8 Å². The van der Waals surface area contributed by atoms with Gasteiger partial charge in [-0.1, -0.05) is 41.2 Å². The van der Waals surface area contributed by atoms with Crippen LogP contribution in [0.15, 0.2) is 30.6 Å². The SMILES string of the molecule is CCOC(=O)C1CC[NH+]([C@H](c2ccc(C)cc2)c2sc3ncnn3c2O)CC1. The van der Waals surface area contributed by atoms with Crippen LogP contribution in [0.25, 0.3) is 4.96 Å². The van der Waals surface area contributed by atoms with Crippen molar-refractivity contribution in [3.63, 3.8) is 0 Å². The van der Waals surface area contributed by atoms with Gasteiger partial charge in [-0.05, 0) is 13.8 Å². The smallest absolute Gasteiger partial charge is 0.309 e. The van der Waals surface area contributed by atoms with Gasteiger partial charge in [0.25, 0.3) is 0 Å². The van der Waals surface area contributed by atoms with Crippen molar-refractivity contribution < 1.29 is 19.5 Å². The molecule has 2 N–H and O–H groups in total. The molecule has 1 aliphatic rings. The number of thiazole rings is 1. The number of esters is 1. The number of carbonyl (C=O) groups is 1. The lowest BCUT2D eigenvalue weighted by Crippen LogP contribution is -3.13. The number of ether oxygens (including phenoxy) is 1. The summed E-state index contributed by atoms with van der Waals surface area (Å²) < 4.78 is 6.69. The first-order valence-electron chi connectivity index (χ1n) is 9.67. The molecule has 0 unspecified atom stereocenters. The number of fused-ring (bicyclic) bond motifs is 1. The summed E-state index contributed by atoms with van der Waals surface area (Å²) in [5, 5.41) is 14.9. The van der Waals surface area contributed by atoms with Crippen molar-refractivity contribution in [1.82, 2.24) is 14.6 Å². The van der Waals surface area contributed by atoms with Crippen molar-refractivity contribution in [2.24, 2.45) is 5.92 Å². The molecule has 0 aliphatic carbocycles. The van der Waals surface area contributed by atoms with Gasteiger partial charge in [0.15, 0.2) is 6.04 Å². The third-order valence-corrected chi connectivity index (χ3v) is 6.57. The normalized spacial score (nSPS) is 20.9. The lowest BCUT2D eigenvalue weighted by Gasteiger charge is -2.33. The molecule has 1 saturated heterocycles. The average Bonchev–Trinajstić information content (AvgIpc) is 3.28. The highest BCUT2D eigenvalue weighted by Crippen LogP contribution is 2.35. The number of aromatic nitrogens is 3. The maximum atomic E-state index is 12.1. The monoisotopic (exact) mass is 401 g/mol. The number of benzene rings is 1. The number of likely N-dealkylation sites (tertiary alicyclic amines) is 1.